The lowest BCUT2D eigenvalue weighted by atomic mass is 10.1. The van der Waals surface area contributed by atoms with Gasteiger partial charge in [-0.3, -0.25) is 0 Å². The van der Waals surface area contributed by atoms with Crippen LogP contribution in [0.3, 0.4) is 0 Å². The van der Waals surface area contributed by atoms with Crippen LogP contribution in [0.15, 0.2) is 23.8 Å². The van der Waals surface area contributed by atoms with Gasteiger partial charge < -0.3 is 15.6 Å². The van der Waals surface area contributed by atoms with E-state index in [-0.39, 0.29) is 16.3 Å². The second-order valence-corrected chi connectivity index (χ2v) is 3.41. The zero-order valence-electron chi connectivity index (χ0n) is 8.60. The van der Waals surface area contributed by atoms with Crippen molar-refractivity contribution < 1.29 is 9.84 Å². The standard InChI is InChI=1S/C11H10N2O2S/c1-15-10-5-7(2-3-9(10)14)4-8(6-12)11(13)16/h2-5,14H,1H3,(H2,13,16)/b8-4+. The molecule has 0 aliphatic rings. The fourth-order valence-corrected chi connectivity index (χ4v) is 1.21. The number of nitriles is 1. The zero-order valence-corrected chi connectivity index (χ0v) is 9.41. The van der Waals surface area contributed by atoms with E-state index in [1.54, 1.807) is 12.1 Å². The van der Waals surface area contributed by atoms with Gasteiger partial charge in [-0.05, 0) is 23.8 Å². The van der Waals surface area contributed by atoms with Crippen molar-refractivity contribution in [2.75, 3.05) is 7.11 Å². The summed E-state index contributed by atoms with van der Waals surface area (Å²) >= 11 is 4.71. The number of thiocarbonyl (C=S) groups is 1. The number of nitrogens with two attached hydrogens (primary N) is 1. The van der Waals surface area contributed by atoms with E-state index in [0.717, 1.165) is 0 Å². The number of phenolic OH excluding ortho intramolecular Hbond substituents is 1. The Balaban J connectivity index is 3.16. The fourth-order valence-electron chi connectivity index (χ4n) is 1.11. The average Bonchev–Trinajstić information content (AvgIpc) is 2.27. The molecule has 5 heteroatoms. The Kier molecular flexibility index (Phi) is 3.86. The van der Waals surface area contributed by atoms with Crippen molar-refractivity contribution >= 4 is 23.3 Å². The second kappa shape index (κ2) is 5.14. The molecule has 4 nitrogen and oxygen atoms in total. The minimum atomic E-state index is 0.0356. The number of methoxy groups -OCH3 is 1. The molecule has 0 aliphatic carbocycles. The Morgan fingerprint density at radius 3 is 2.81 bits per heavy atom. The Morgan fingerprint density at radius 1 is 1.62 bits per heavy atom. The van der Waals surface area contributed by atoms with Crippen LogP contribution in [0.4, 0.5) is 0 Å². The van der Waals surface area contributed by atoms with Crippen molar-refractivity contribution in [3.05, 3.63) is 29.3 Å². The number of nitrogens with zero attached hydrogens (tertiary/aromatic N) is 1. The third kappa shape index (κ3) is 2.72. The first-order valence-corrected chi connectivity index (χ1v) is 4.78. The van der Waals surface area contributed by atoms with Crippen molar-refractivity contribution in [1.29, 1.82) is 5.26 Å². The summed E-state index contributed by atoms with van der Waals surface area (Å²) in [5, 5.41) is 18.1. The highest BCUT2D eigenvalue weighted by Crippen LogP contribution is 2.27. The van der Waals surface area contributed by atoms with E-state index >= 15 is 0 Å². The molecule has 82 valence electrons. The highest BCUT2D eigenvalue weighted by molar-refractivity contribution is 7.80. The first-order chi connectivity index (χ1) is 7.58. The minimum Gasteiger partial charge on any atom is -0.504 e. The molecule has 1 aromatic rings. The van der Waals surface area contributed by atoms with E-state index in [9.17, 15) is 5.11 Å². The zero-order chi connectivity index (χ0) is 12.1. The molecule has 0 aromatic heterocycles. The summed E-state index contributed by atoms with van der Waals surface area (Å²) in [5.41, 5.74) is 6.25. The molecule has 16 heavy (non-hydrogen) atoms. The van der Waals surface area contributed by atoms with E-state index < -0.39 is 0 Å². The highest BCUT2D eigenvalue weighted by atomic mass is 32.1. The van der Waals surface area contributed by atoms with Gasteiger partial charge in [0, 0.05) is 0 Å². The van der Waals surface area contributed by atoms with Crippen LogP contribution in [0, 0.1) is 11.3 Å². The summed E-state index contributed by atoms with van der Waals surface area (Å²) in [7, 11) is 1.45. The Labute approximate surface area is 98.6 Å². The van der Waals surface area contributed by atoms with Gasteiger partial charge in [0.25, 0.3) is 0 Å². The molecule has 0 aliphatic heterocycles. The summed E-state index contributed by atoms with van der Waals surface area (Å²) in [5.74, 6) is 0.363. The molecule has 0 spiro atoms. The van der Waals surface area contributed by atoms with Crippen LogP contribution >= 0.6 is 12.2 Å². The van der Waals surface area contributed by atoms with Gasteiger partial charge in [-0.2, -0.15) is 5.26 Å². The summed E-state index contributed by atoms with van der Waals surface area (Å²) in [6.45, 7) is 0. The quantitative estimate of drug-likeness (QED) is 0.471. The molecule has 0 amide bonds. The van der Waals surface area contributed by atoms with Crippen LogP contribution in [0.1, 0.15) is 5.56 Å². The summed E-state index contributed by atoms with van der Waals surface area (Å²) in [6.07, 6.45) is 1.53. The van der Waals surface area contributed by atoms with Gasteiger partial charge in [-0.25, -0.2) is 0 Å². The van der Waals surface area contributed by atoms with Gasteiger partial charge in [0.05, 0.1) is 12.7 Å². The number of hydrogen-bond donors (Lipinski definition) is 2. The van der Waals surface area contributed by atoms with Gasteiger partial charge in [-0.1, -0.05) is 18.3 Å². The molecule has 1 rings (SSSR count). The maximum Gasteiger partial charge on any atom is 0.161 e. The first-order valence-electron chi connectivity index (χ1n) is 4.37. The number of hydrogen-bond acceptors (Lipinski definition) is 4. The Bertz CT molecular complexity index is 489. The molecular weight excluding hydrogens is 224 g/mol. The molecule has 0 bridgehead atoms. The van der Waals surface area contributed by atoms with Gasteiger partial charge in [0.1, 0.15) is 11.1 Å². The largest absolute Gasteiger partial charge is 0.504 e. The topological polar surface area (TPSA) is 79.3 Å². The predicted octanol–water partition coefficient (Wildman–Crippen LogP) is 1.59. The van der Waals surface area contributed by atoms with Crippen LogP contribution in [-0.4, -0.2) is 17.2 Å². The molecule has 0 heterocycles. The maximum absolute atomic E-state index is 9.37. The lowest BCUT2D eigenvalue weighted by molar-refractivity contribution is 0.373. The van der Waals surface area contributed by atoms with Crippen molar-refractivity contribution in [2.24, 2.45) is 5.73 Å². The predicted molar refractivity (Wildman–Crippen MR) is 65.0 cm³/mol. The van der Waals surface area contributed by atoms with Gasteiger partial charge in [0.15, 0.2) is 11.5 Å². The van der Waals surface area contributed by atoms with Crippen LogP contribution in [0.5, 0.6) is 11.5 Å². The van der Waals surface area contributed by atoms with E-state index in [2.05, 4.69) is 0 Å². The van der Waals surface area contributed by atoms with Crippen molar-refractivity contribution in [3.8, 4) is 17.6 Å². The second-order valence-electron chi connectivity index (χ2n) is 2.97. The minimum absolute atomic E-state index is 0.0356. The summed E-state index contributed by atoms with van der Waals surface area (Å²) in [6, 6.07) is 6.59. The third-order valence-electron chi connectivity index (χ3n) is 1.90. The number of rotatable bonds is 3. The lowest BCUT2D eigenvalue weighted by Crippen LogP contribution is -2.09. The fraction of sp³-hybridized carbons (Fsp3) is 0.0909. The van der Waals surface area contributed by atoms with Crippen LogP contribution in [-0.2, 0) is 0 Å². The third-order valence-corrected chi connectivity index (χ3v) is 2.12. The van der Waals surface area contributed by atoms with Gasteiger partial charge >= 0.3 is 0 Å². The van der Waals surface area contributed by atoms with E-state index in [1.165, 1.54) is 19.3 Å². The number of phenols is 1. The number of aromatic hydroxyl groups is 1. The lowest BCUT2D eigenvalue weighted by Gasteiger charge is -2.04. The number of ether oxygens (including phenoxy) is 1. The van der Waals surface area contributed by atoms with Crippen molar-refractivity contribution in [1.82, 2.24) is 0 Å². The summed E-state index contributed by atoms with van der Waals surface area (Å²) in [4.78, 5) is 0.0366. The smallest absolute Gasteiger partial charge is 0.161 e. The Morgan fingerprint density at radius 2 is 2.31 bits per heavy atom. The molecule has 0 saturated carbocycles. The maximum atomic E-state index is 9.37. The number of benzene rings is 1. The molecule has 0 saturated heterocycles. The highest BCUT2D eigenvalue weighted by Gasteiger charge is 2.03. The normalized spacial score (nSPS) is 10.6. The monoisotopic (exact) mass is 234 g/mol. The van der Waals surface area contributed by atoms with Crippen molar-refractivity contribution in [2.45, 2.75) is 0 Å². The van der Waals surface area contributed by atoms with Gasteiger partial charge in [-0.15, -0.1) is 0 Å². The van der Waals surface area contributed by atoms with E-state index in [0.29, 0.717) is 11.3 Å². The summed E-state index contributed by atoms with van der Waals surface area (Å²) < 4.78 is 4.94. The molecule has 0 atom stereocenters. The first kappa shape index (κ1) is 12.0. The molecular formula is C11H10N2O2S. The van der Waals surface area contributed by atoms with Gasteiger partial charge in [0.2, 0.25) is 0 Å². The van der Waals surface area contributed by atoms with E-state index in [1.807, 2.05) is 6.07 Å². The molecule has 3 N–H and O–H groups in total. The SMILES string of the molecule is COc1cc(/C=C(\C#N)C(N)=S)ccc1O. The average molecular weight is 234 g/mol. The molecule has 0 radical (unpaired) electrons. The molecule has 0 unspecified atom stereocenters. The Hall–Kier alpha value is -2.06. The van der Waals surface area contributed by atoms with Crippen molar-refractivity contribution in [3.63, 3.8) is 0 Å². The van der Waals surface area contributed by atoms with Crippen LogP contribution < -0.4 is 10.5 Å². The van der Waals surface area contributed by atoms with Crippen LogP contribution in [0.25, 0.3) is 6.08 Å². The molecule has 1 aromatic carbocycles. The van der Waals surface area contributed by atoms with E-state index in [4.69, 9.17) is 28.0 Å². The molecule has 0 fully saturated rings. The van der Waals surface area contributed by atoms with Crippen LogP contribution in [0.2, 0.25) is 0 Å².